The Bertz CT molecular complexity index is 640. The van der Waals surface area contributed by atoms with Crippen molar-refractivity contribution in [3.05, 3.63) is 29.6 Å². The van der Waals surface area contributed by atoms with Crippen LogP contribution in [0.3, 0.4) is 0 Å². The number of anilines is 1. The zero-order valence-corrected chi connectivity index (χ0v) is 13.5. The van der Waals surface area contributed by atoms with E-state index >= 15 is 0 Å². The van der Waals surface area contributed by atoms with Crippen LogP contribution in [0.25, 0.3) is 0 Å². The molecule has 122 valence electrons. The summed E-state index contributed by atoms with van der Waals surface area (Å²) in [6, 6.07) is 7.17. The second kappa shape index (κ2) is 6.57. The number of hydrogen-bond acceptors (Lipinski definition) is 3. The summed E-state index contributed by atoms with van der Waals surface area (Å²) in [4.78, 5) is 16.3. The molecule has 2 aliphatic heterocycles. The summed E-state index contributed by atoms with van der Waals surface area (Å²) in [5.41, 5.74) is 0.788. The molecule has 0 spiro atoms. The molecule has 1 aromatic rings. The maximum atomic E-state index is 14.0. The number of benzene rings is 1. The van der Waals surface area contributed by atoms with Crippen LogP contribution < -0.4 is 4.90 Å². The lowest BCUT2D eigenvalue weighted by Gasteiger charge is -2.36. The lowest BCUT2D eigenvalue weighted by Crippen LogP contribution is -2.48. The topological polar surface area (TPSA) is 47.3 Å². The van der Waals surface area contributed by atoms with Crippen LogP contribution in [-0.4, -0.2) is 36.0 Å². The minimum absolute atomic E-state index is 0.116. The van der Waals surface area contributed by atoms with Crippen molar-refractivity contribution in [1.29, 1.82) is 5.26 Å². The summed E-state index contributed by atoms with van der Waals surface area (Å²) >= 11 is 0. The van der Waals surface area contributed by atoms with Gasteiger partial charge < -0.3 is 9.80 Å². The molecule has 1 amide bonds. The van der Waals surface area contributed by atoms with Crippen molar-refractivity contribution in [1.82, 2.24) is 4.90 Å². The van der Waals surface area contributed by atoms with Gasteiger partial charge in [-0.05, 0) is 37.8 Å². The van der Waals surface area contributed by atoms with Crippen LogP contribution in [-0.2, 0) is 4.79 Å². The highest BCUT2D eigenvalue weighted by atomic mass is 19.1. The average Bonchev–Trinajstić information content (AvgIpc) is 3.22. The molecule has 0 N–H and O–H groups in total. The van der Waals surface area contributed by atoms with Gasteiger partial charge in [-0.2, -0.15) is 5.26 Å². The lowest BCUT2D eigenvalue weighted by molar-refractivity contribution is -0.132. The van der Waals surface area contributed by atoms with E-state index < -0.39 is 5.82 Å². The normalized spacial score (nSPS) is 24.0. The SMILES string of the molecule is CCC(=O)N1CCC[C@H]1[C@@H]1CCCN1c1cccc(F)c1C#N. The van der Waals surface area contributed by atoms with Gasteiger partial charge in [-0.1, -0.05) is 13.0 Å². The quantitative estimate of drug-likeness (QED) is 0.861. The maximum absolute atomic E-state index is 14.0. The van der Waals surface area contributed by atoms with Crippen molar-refractivity contribution >= 4 is 11.6 Å². The van der Waals surface area contributed by atoms with Crippen molar-refractivity contribution in [2.24, 2.45) is 0 Å². The third kappa shape index (κ3) is 2.78. The summed E-state index contributed by atoms with van der Waals surface area (Å²) in [5, 5.41) is 9.31. The number of rotatable bonds is 3. The Hall–Kier alpha value is -2.09. The first-order valence-corrected chi connectivity index (χ1v) is 8.42. The van der Waals surface area contributed by atoms with Crippen LogP contribution in [0, 0.1) is 17.1 Å². The van der Waals surface area contributed by atoms with Gasteiger partial charge >= 0.3 is 0 Å². The molecule has 2 heterocycles. The van der Waals surface area contributed by atoms with Crippen LogP contribution in [0.1, 0.15) is 44.6 Å². The number of amides is 1. The van der Waals surface area contributed by atoms with E-state index in [1.165, 1.54) is 6.07 Å². The lowest BCUT2D eigenvalue weighted by atomic mass is 10.0. The summed E-state index contributed by atoms with van der Waals surface area (Å²) in [6.07, 6.45) is 4.53. The molecule has 4 nitrogen and oxygen atoms in total. The number of likely N-dealkylation sites (tertiary alicyclic amines) is 1. The molecule has 0 saturated carbocycles. The van der Waals surface area contributed by atoms with Gasteiger partial charge in [0.15, 0.2) is 0 Å². The molecule has 0 aliphatic carbocycles. The molecule has 2 atom stereocenters. The van der Waals surface area contributed by atoms with Crippen LogP contribution in [0.2, 0.25) is 0 Å². The van der Waals surface area contributed by atoms with E-state index in [-0.39, 0.29) is 23.6 Å². The smallest absolute Gasteiger partial charge is 0.222 e. The Morgan fingerprint density at radius 3 is 2.78 bits per heavy atom. The third-order valence-corrected chi connectivity index (χ3v) is 5.08. The Morgan fingerprint density at radius 1 is 1.30 bits per heavy atom. The summed E-state index contributed by atoms with van der Waals surface area (Å²) < 4.78 is 14.0. The molecule has 5 heteroatoms. The van der Waals surface area contributed by atoms with Gasteiger partial charge in [-0.3, -0.25) is 4.79 Å². The Balaban J connectivity index is 1.91. The highest BCUT2D eigenvalue weighted by Crippen LogP contribution is 2.35. The van der Waals surface area contributed by atoms with Crippen molar-refractivity contribution in [3.63, 3.8) is 0 Å². The van der Waals surface area contributed by atoms with Gasteiger partial charge in [0.1, 0.15) is 17.4 Å². The molecule has 0 bridgehead atoms. The van der Waals surface area contributed by atoms with Crippen molar-refractivity contribution < 1.29 is 9.18 Å². The molecule has 0 radical (unpaired) electrons. The van der Waals surface area contributed by atoms with Crippen LogP contribution in [0.15, 0.2) is 18.2 Å². The molecule has 2 fully saturated rings. The number of carbonyl (C=O) groups is 1. The molecule has 3 rings (SSSR count). The van der Waals surface area contributed by atoms with E-state index in [2.05, 4.69) is 4.90 Å². The number of nitriles is 1. The van der Waals surface area contributed by atoms with Gasteiger partial charge in [0, 0.05) is 25.6 Å². The third-order valence-electron chi connectivity index (χ3n) is 5.08. The second-order valence-electron chi connectivity index (χ2n) is 6.30. The first-order valence-electron chi connectivity index (χ1n) is 8.42. The molecule has 1 aromatic carbocycles. The van der Waals surface area contributed by atoms with E-state index in [0.717, 1.165) is 38.8 Å². The summed E-state index contributed by atoms with van der Waals surface area (Å²) in [5.74, 6) is -0.275. The Labute approximate surface area is 136 Å². The predicted molar refractivity (Wildman–Crippen MR) is 86.5 cm³/mol. The standard InChI is InChI=1S/C18H22FN3O/c1-2-18(23)22-11-5-9-17(22)16-8-4-10-21(16)15-7-3-6-14(19)13(15)12-20/h3,6-7,16-17H,2,4-5,8-11H2,1H3/t16-,17-/m0/s1. The van der Waals surface area contributed by atoms with Gasteiger partial charge in [0.2, 0.25) is 5.91 Å². The average molecular weight is 315 g/mol. The van der Waals surface area contributed by atoms with Crippen LogP contribution >= 0.6 is 0 Å². The number of carbonyl (C=O) groups excluding carboxylic acids is 1. The molecule has 2 aliphatic rings. The monoisotopic (exact) mass is 315 g/mol. The van der Waals surface area contributed by atoms with E-state index in [0.29, 0.717) is 12.1 Å². The number of nitrogens with zero attached hydrogens (tertiary/aromatic N) is 3. The summed E-state index contributed by atoms with van der Waals surface area (Å²) in [6.45, 7) is 3.52. The minimum atomic E-state index is -0.469. The maximum Gasteiger partial charge on any atom is 0.222 e. The molecular weight excluding hydrogens is 293 g/mol. The van der Waals surface area contributed by atoms with Crippen molar-refractivity contribution in [2.75, 3.05) is 18.0 Å². The van der Waals surface area contributed by atoms with Crippen LogP contribution in [0.4, 0.5) is 10.1 Å². The zero-order valence-electron chi connectivity index (χ0n) is 13.5. The zero-order chi connectivity index (χ0) is 16.4. The number of hydrogen-bond donors (Lipinski definition) is 0. The van der Waals surface area contributed by atoms with Gasteiger partial charge in [0.05, 0.1) is 11.7 Å². The fourth-order valence-electron chi connectivity index (χ4n) is 4.06. The largest absolute Gasteiger partial charge is 0.365 e. The molecule has 0 unspecified atom stereocenters. The van der Waals surface area contributed by atoms with Crippen molar-refractivity contribution in [3.8, 4) is 6.07 Å². The molecule has 23 heavy (non-hydrogen) atoms. The fourth-order valence-corrected chi connectivity index (χ4v) is 4.06. The molecule has 0 aromatic heterocycles. The van der Waals surface area contributed by atoms with Crippen molar-refractivity contribution in [2.45, 2.75) is 51.1 Å². The van der Waals surface area contributed by atoms with E-state index in [4.69, 9.17) is 0 Å². The van der Waals surface area contributed by atoms with Gasteiger partial charge in [-0.15, -0.1) is 0 Å². The highest BCUT2D eigenvalue weighted by Gasteiger charge is 2.40. The highest BCUT2D eigenvalue weighted by molar-refractivity contribution is 5.76. The molecular formula is C18H22FN3O. The Morgan fingerprint density at radius 2 is 2.04 bits per heavy atom. The van der Waals surface area contributed by atoms with Gasteiger partial charge in [-0.25, -0.2) is 4.39 Å². The first kappa shape index (κ1) is 15.8. The second-order valence-corrected chi connectivity index (χ2v) is 6.30. The Kier molecular flexibility index (Phi) is 4.51. The summed E-state index contributed by atoms with van der Waals surface area (Å²) in [7, 11) is 0. The fraction of sp³-hybridized carbons (Fsp3) is 0.556. The first-order chi connectivity index (χ1) is 11.2. The molecule has 2 saturated heterocycles. The van der Waals surface area contributed by atoms with E-state index in [1.807, 2.05) is 24.0 Å². The van der Waals surface area contributed by atoms with Crippen LogP contribution in [0.5, 0.6) is 0 Å². The van der Waals surface area contributed by atoms with Gasteiger partial charge in [0.25, 0.3) is 0 Å². The predicted octanol–water partition coefficient (Wildman–Crippen LogP) is 3.07. The minimum Gasteiger partial charge on any atom is -0.365 e. The van der Waals surface area contributed by atoms with E-state index in [9.17, 15) is 14.4 Å². The number of halogens is 1. The van der Waals surface area contributed by atoms with E-state index in [1.54, 1.807) is 6.07 Å².